The Balaban J connectivity index is 2.47. The summed E-state index contributed by atoms with van der Waals surface area (Å²) < 4.78 is 18.4. The number of halogens is 1. The zero-order valence-corrected chi connectivity index (χ0v) is 11.8. The van der Waals surface area contributed by atoms with Crippen molar-refractivity contribution >= 4 is 11.8 Å². The Bertz CT molecular complexity index is 528. The van der Waals surface area contributed by atoms with Crippen LogP contribution in [0.1, 0.15) is 31.7 Å². The molecule has 4 nitrogen and oxygen atoms in total. The molecule has 0 saturated carbocycles. The molecule has 0 bridgehead atoms. The molecular formula is C15H18FNO3. The van der Waals surface area contributed by atoms with Crippen LogP contribution in [0, 0.1) is 11.2 Å². The summed E-state index contributed by atoms with van der Waals surface area (Å²) in [6.45, 7) is 3.69. The summed E-state index contributed by atoms with van der Waals surface area (Å²) in [6, 6.07) is 5.79. The second-order valence-electron chi connectivity index (χ2n) is 5.46. The predicted octanol–water partition coefficient (Wildman–Crippen LogP) is 2.00. The molecule has 2 amide bonds. The van der Waals surface area contributed by atoms with Crippen molar-refractivity contribution in [1.82, 2.24) is 5.32 Å². The van der Waals surface area contributed by atoms with E-state index in [-0.39, 0.29) is 30.2 Å². The molecule has 1 saturated heterocycles. The average molecular weight is 279 g/mol. The van der Waals surface area contributed by atoms with Gasteiger partial charge in [0, 0.05) is 18.9 Å². The first-order valence-electron chi connectivity index (χ1n) is 6.50. The van der Waals surface area contributed by atoms with Crippen molar-refractivity contribution in [2.75, 3.05) is 7.11 Å². The lowest BCUT2D eigenvalue weighted by Crippen LogP contribution is -2.53. The van der Waals surface area contributed by atoms with Crippen LogP contribution in [0.2, 0.25) is 0 Å². The van der Waals surface area contributed by atoms with Gasteiger partial charge in [-0.3, -0.25) is 14.9 Å². The number of hydrogen-bond acceptors (Lipinski definition) is 3. The number of imide groups is 1. The highest BCUT2D eigenvalue weighted by Gasteiger charge is 2.49. The number of carbonyl (C=O) groups is 2. The van der Waals surface area contributed by atoms with Crippen molar-refractivity contribution in [2.24, 2.45) is 5.41 Å². The normalized spacial score (nSPS) is 28.1. The van der Waals surface area contributed by atoms with Crippen LogP contribution in [0.25, 0.3) is 0 Å². The number of nitrogens with one attached hydrogen (secondary N) is 1. The molecule has 108 valence electrons. The van der Waals surface area contributed by atoms with Crippen molar-refractivity contribution in [3.63, 3.8) is 0 Å². The molecule has 0 aliphatic carbocycles. The minimum absolute atomic E-state index is 0.190. The summed E-state index contributed by atoms with van der Waals surface area (Å²) in [5.74, 6) is -1.57. The van der Waals surface area contributed by atoms with Crippen molar-refractivity contribution in [3.05, 3.63) is 35.6 Å². The lowest BCUT2D eigenvalue weighted by Gasteiger charge is -2.43. The van der Waals surface area contributed by atoms with Gasteiger partial charge >= 0.3 is 0 Å². The van der Waals surface area contributed by atoms with Gasteiger partial charge in [-0.2, -0.15) is 0 Å². The summed E-state index contributed by atoms with van der Waals surface area (Å²) >= 11 is 0. The number of methoxy groups -OCH3 is 1. The highest BCUT2D eigenvalue weighted by molar-refractivity contribution is 6.02. The summed E-state index contributed by atoms with van der Waals surface area (Å²) in [5.41, 5.74) is 0.0224. The van der Waals surface area contributed by atoms with Crippen LogP contribution in [-0.4, -0.2) is 25.0 Å². The maximum absolute atomic E-state index is 13.1. The van der Waals surface area contributed by atoms with Gasteiger partial charge in [-0.1, -0.05) is 19.1 Å². The smallest absolute Gasteiger partial charge is 0.234 e. The third-order valence-electron chi connectivity index (χ3n) is 4.21. The first-order valence-corrected chi connectivity index (χ1v) is 6.50. The zero-order chi connectivity index (χ0) is 14.9. The van der Waals surface area contributed by atoms with E-state index in [0.717, 1.165) is 0 Å². The van der Waals surface area contributed by atoms with Crippen LogP contribution in [0.3, 0.4) is 0 Å². The predicted molar refractivity (Wildman–Crippen MR) is 71.5 cm³/mol. The van der Waals surface area contributed by atoms with Crippen LogP contribution in [-0.2, 0) is 14.3 Å². The molecule has 1 aromatic rings. The molecule has 2 rings (SSSR count). The fourth-order valence-electron chi connectivity index (χ4n) is 2.84. The van der Waals surface area contributed by atoms with E-state index in [2.05, 4.69) is 5.32 Å². The second-order valence-corrected chi connectivity index (χ2v) is 5.46. The summed E-state index contributed by atoms with van der Waals surface area (Å²) in [6.07, 6.45) is -0.0944. The molecule has 1 aromatic carbocycles. The van der Waals surface area contributed by atoms with E-state index in [9.17, 15) is 14.0 Å². The van der Waals surface area contributed by atoms with Gasteiger partial charge in [0.15, 0.2) is 0 Å². The molecule has 1 aliphatic heterocycles. The van der Waals surface area contributed by atoms with E-state index in [1.807, 2.05) is 13.8 Å². The van der Waals surface area contributed by atoms with Crippen molar-refractivity contribution in [3.8, 4) is 0 Å². The monoisotopic (exact) mass is 279 g/mol. The molecule has 20 heavy (non-hydrogen) atoms. The summed E-state index contributed by atoms with van der Waals surface area (Å²) in [7, 11) is 1.55. The number of ether oxygens (including phenoxy) is 1. The number of carbonyl (C=O) groups excluding carboxylic acids is 2. The molecule has 1 fully saturated rings. The van der Waals surface area contributed by atoms with Crippen LogP contribution in [0.5, 0.6) is 0 Å². The second kappa shape index (κ2) is 5.32. The van der Waals surface area contributed by atoms with E-state index >= 15 is 0 Å². The van der Waals surface area contributed by atoms with Crippen molar-refractivity contribution < 1.29 is 18.7 Å². The largest absolute Gasteiger partial charge is 0.381 e. The molecule has 1 aliphatic rings. The highest BCUT2D eigenvalue weighted by Crippen LogP contribution is 2.45. The first kappa shape index (κ1) is 14.7. The van der Waals surface area contributed by atoms with Gasteiger partial charge in [0.2, 0.25) is 11.8 Å². The molecule has 3 atom stereocenters. The topological polar surface area (TPSA) is 55.4 Å². The Hall–Kier alpha value is -1.75. The van der Waals surface area contributed by atoms with Gasteiger partial charge in [-0.05, 0) is 24.6 Å². The van der Waals surface area contributed by atoms with Crippen molar-refractivity contribution in [2.45, 2.75) is 32.3 Å². The minimum Gasteiger partial charge on any atom is -0.381 e. The van der Waals surface area contributed by atoms with Crippen LogP contribution in [0.4, 0.5) is 4.39 Å². The lowest BCUT2D eigenvalue weighted by molar-refractivity contribution is -0.144. The van der Waals surface area contributed by atoms with Gasteiger partial charge < -0.3 is 4.74 Å². The minimum atomic E-state index is -0.661. The molecule has 0 aromatic heterocycles. The fourth-order valence-corrected chi connectivity index (χ4v) is 2.84. The molecular weight excluding hydrogens is 261 g/mol. The molecule has 1 heterocycles. The molecule has 0 radical (unpaired) electrons. The van der Waals surface area contributed by atoms with Gasteiger partial charge in [-0.15, -0.1) is 0 Å². The lowest BCUT2D eigenvalue weighted by atomic mass is 9.65. The van der Waals surface area contributed by atoms with Gasteiger partial charge in [-0.25, -0.2) is 4.39 Å². The Morgan fingerprint density at radius 2 is 1.95 bits per heavy atom. The van der Waals surface area contributed by atoms with Crippen LogP contribution in [0.15, 0.2) is 24.3 Å². The molecule has 3 unspecified atom stereocenters. The quantitative estimate of drug-likeness (QED) is 0.861. The van der Waals surface area contributed by atoms with Crippen LogP contribution >= 0.6 is 0 Å². The van der Waals surface area contributed by atoms with E-state index < -0.39 is 11.3 Å². The third kappa shape index (κ3) is 2.45. The third-order valence-corrected chi connectivity index (χ3v) is 4.21. The average Bonchev–Trinajstić information content (AvgIpc) is 2.39. The Morgan fingerprint density at radius 1 is 1.35 bits per heavy atom. The summed E-state index contributed by atoms with van der Waals surface area (Å²) in [4.78, 5) is 23.9. The van der Waals surface area contributed by atoms with E-state index in [4.69, 9.17) is 4.74 Å². The summed E-state index contributed by atoms with van der Waals surface area (Å²) in [5, 5.41) is 2.35. The Kier molecular flexibility index (Phi) is 3.90. The van der Waals surface area contributed by atoms with Gasteiger partial charge in [0.25, 0.3) is 0 Å². The van der Waals surface area contributed by atoms with Gasteiger partial charge in [0.1, 0.15) is 5.82 Å². The zero-order valence-electron chi connectivity index (χ0n) is 11.8. The number of rotatable bonds is 3. The molecule has 1 N–H and O–H groups in total. The van der Waals surface area contributed by atoms with Gasteiger partial charge in [0.05, 0.1) is 12.0 Å². The van der Waals surface area contributed by atoms with E-state index in [1.165, 1.54) is 12.1 Å². The standard InChI is InChI=1S/C15H18FNO3/c1-9(20-3)15(2)8-12(18)17-14(19)13(15)10-4-6-11(16)7-5-10/h4-7,9,13H,8H2,1-3H3,(H,17,18,19). The van der Waals surface area contributed by atoms with E-state index in [1.54, 1.807) is 19.2 Å². The van der Waals surface area contributed by atoms with Crippen molar-refractivity contribution in [1.29, 1.82) is 0 Å². The maximum Gasteiger partial charge on any atom is 0.234 e. The number of hydrogen-bond donors (Lipinski definition) is 1. The van der Waals surface area contributed by atoms with Crippen LogP contribution < -0.4 is 5.32 Å². The Labute approximate surface area is 117 Å². The molecule has 5 heteroatoms. The first-order chi connectivity index (χ1) is 9.38. The van der Waals surface area contributed by atoms with E-state index in [0.29, 0.717) is 5.56 Å². The number of piperidine rings is 1. The fraction of sp³-hybridized carbons (Fsp3) is 0.467. The maximum atomic E-state index is 13.1. The Morgan fingerprint density at radius 3 is 2.50 bits per heavy atom. The number of benzene rings is 1. The highest BCUT2D eigenvalue weighted by atomic mass is 19.1. The SMILES string of the molecule is COC(C)C1(C)CC(=O)NC(=O)C1c1ccc(F)cc1. The molecule has 0 spiro atoms. The number of amides is 2.